The van der Waals surface area contributed by atoms with Gasteiger partial charge in [0.25, 0.3) is 0 Å². The second kappa shape index (κ2) is 11.2. The van der Waals surface area contributed by atoms with Crippen LogP contribution in [0.1, 0.15) is 50.9 Å². The lowest BCUT2D eigenvalue weighted by Crippen LogP contribution is -2.45. The summed E-state index contributed by atoms with van der Waals surface area (Å²) >= 11 is 0. The van der Waals surface area contributed by atoms with Gasteiger partial charge in [0.2, 0.25) is 0 Å². The number of cyclic esters (lactones) is 1. The van der Waals surface area contributed by atoms with Gasteiger partial charge >= 0.3 is 6.09 Å². The minimum absolute atomic E-state index is 0.0845. The molecule has 0 aliphatic carbocycles. The number of carbonyl (C=O) groups is 1. The van der Waals surface area contributed by atoms with Gasteiger partial charge in [-0.05, 0) is 57.5 Å². The van der Waals surface area contributed by atoms with Crippen LogP contribution in [0.25, 0.3) is 11.3 Å². The van der Waals surface area contributed by atoms with Crippen LogP contribution in [0.3, 0.4) is 0 Å². The molecule has 1 aliphatic rings. The molecule has 0 saturated carbocycles. The van der Waals surface area contributed by atoms with Gasteiger partial charge in [0.15, 0.2) is 0 Å². The van der Waals surface area contributed by atoms with Crippen LogP contribution in [0.5, 0.6) is 0 Å². The SMILES string of the molecule is Cc1ccc(-c2ccc(C(C)N3CCC(CC(C)(C)O)OC3=O)cc2)nn1.Fc1ccccc1. The standard InChI is InChI=1S/C21H27N3O3.C6H5F/c1-14-5-10-19(23-22-14)17-8-6-16(7-9-17)15(2)24-12-11-18(27-20(24)25)13-21(3,4)26;7-6-4-2-1-3-5-6/h5-10,15,18,26H,11-13H2,1-4H3;1-5H. The highest BCUT2D eigenvalue weighted by Crippen LogP contribution is 2.29. The Hall–Kier alpha value is -3.32. The van der Waals surface area contributed by atoms with Gasteiger partial charge in [0.1, 0.15) is 11.9 Å². The Morgan fingerprint density at radius 1 is 1.09 bits per heavy atom. The molecule has 1 aliphatic heterocycles. The smallest absolute Gasteiger partial charge is 0.410 e. The van der Waals surface area contributed by atoms with E-state index in [2.05, 4.69) is 10.2 Å². The van der Waals surface area contributed by atoms with Gasteiger partial charge < -0.3 is 14.7 Å². The Kier molecular flexibility index (Phi) is 8.34. The van der Waals surface area contributed by atoms with Gasteiger partial charge in [-0.15, -0.1) is 0 Å². The molecule has 0 spiro atoms. The van der Waals surface area contributed by atoms with E-state index in [4.69, 9.17) is 4.74 Å². The Labute approximate surface area is 200 Å². The third-order valence-corrected chi connectivity index (χ3v) is 5.61. The Morgan fingerprint density at radius 2 is 1.76 bits per heavy atom. The number of halogens is 1. The summed E-state index contributed by atoms with van der Waals surface area (Å²) < 4.78 is 17.4. The van der Waals surface area contributed by atoms with E-state index in [1.54, 1.807) is 36.9 Å². The van der Waals surface area contributed by atoms with Crippen molar-refractivity contribution in [2.45, 2.75) is 58.3 Å². The zero-order valence-electron chi connectivity index (χ0n) is 20.1. The molecular weight excluding hydrogens is 433 g/mol. The fraction of sp³-hybridized carbons (Fsp3) is 0.370. The quantitative estimate of drug-likeness (QED) is 0.522. The maximum Gasteiger partial charge on any atom is 0.410 e. The molecule has 2 heterocycles. The van der Waals surface area contributed by atoms with Crippen molar-refractivity contribution in [2.24, 2.45) is 0 Å². The van der Waals surface area contributed by atoms with E-state index in [9.17, 15) is 14.3 Å². The summed E-state index contributed by atoms with van der Waals surface area (Å²) in [6.07, 6.45) is 0.615. The van der Waals surface area contributed by atoms with Crippen LogP contribution in [0, 0.1) is 12.7 Å². The molecule has 0 bridgehead atoms. The highest BCUT2D eigenvalue weighted by atomic mass is 19.1. The summed E-state index contributed by atoms with van der Waals surface area (Å²) in [5, 5.41) is 18.2. The average molecular weight is 466 g/mol. The van der Waals surface area contributed by atoms with Gasteiger partial charge in [0.05, 0.1) is 23.0 Å². The third kappa shape index (κ3) is 7.35. The van der Waals surface area contributed by atoms with E-state index < -0.39 is 5.60 Å². The monoisotopic (exact) mass is 465 g/mol. The number of amides is 1. The molecule has 2 aromatic carbocycles. The van der Waals surface area contributed by atoms with Crippen molar-refractivity contribution < 1.29 is 19.0 Å². The van der Waals surface area contributed by atoms with Crippen molar-refractivity contribution in [1.82, 2.24) is 15.1 Å². The number of carbonyl (C=O) groups excluding carboxylic acids is 1. The van der Waals surface area contributed by atoms with E-state index in [0.29, 0.717) is 13.0 Å². The van der Waals surface area contributed by atoms with Crippen LogP contribution in [-0.4, -0.2) is 44.5 Å². The maximum absolute atomic E-state index is 12.4. The Bertz CT molecular complexity index is 1050. The first-order chi connectivity index (χ1) is 16.1. The number of nitrogens with zero attached hydrogens (tertiary/aromatic N) is 3. The molecule has 1 N–H and O–H groups in total. The van der Waals surface area contributed by atoms with Crippen LogP contribution in [-0.2, 0) is 4.74 Å². The van der Waals surface area contributed by atoms with Crippen molar-refractivity contribution >= 4 is 6.09 Å². The first-order valence-electron chi connectivity index (χ1n) is 11.4. The fourth-order valence-electron chi connectivity index (χ4n) is 3.78. The number of aryl methyl sites for hydroxylation is 1. The molecule has 1 aromatic heterocycles. The highest BCUT2D eigenvalue weighted by Gasteiger charge is 2.33. The van der Waals surface area contributed by atoms with Gasteiger partial charge in [0, 0.05) is 24.9 Å². The lowest BCUT2D eigenvalue weighted by atomic mass is 9.97. The largest absolute Gasteiger partial charge is 0.446 e. The normalized spacial score (nSPS) is 16.8. The molecule has 4 rings (SSSR count). The maximum atomic E-state index is 12.4. The summed E-state index contributed by atoms with van der Waals surface area (Å²) in [6.45, 7) is 7.99. The molecule has 1 amide bonds. The number of aliphatic hydroxyl groups is 1. The van der Waals surface area contributed by atoms with Gasteiger partial charge in [-0.1, -0.05) is 42.5 Å². The number of hydrogen-bond donors (Lipinski definition) is 1. The van der Waals surface area contributed by atoms with E-state index in [-0.39, 0.29) is 24.1 Å². The number of aromatic nitrogens is 2. The summed E-state index contributed by atoms with van der Waals surface area (Å²) in [6, 6.07) is 19.8. The average Bonchev–Trinajstić information content (AvgIpc) is 2.79. The first-order valence-corrected chi connectivity index (χ1v) is 11.4. The fourth-order valence-corrected chi connectivity index (χ4v) is 3.78. The summed E-state index contributed by atoms with van der Waals surface area (Å²) in [7, 11) is 0. The molecule has 6 nitrogen and oxygen atoms in total. The van der Waals surface area contributed by atoms with Crippen LogP contribution in [0.4, 0.5) is 9.18 Å². The zero-order valence-corrected chi connectivity index (χ0v) is 20.1. The molecular formula is C27H32FN3O3. The van der Waals surface area contributed by atoms with E-state index in [0.717, 1.165) is 28.9 Å². The van der Waals surface area contributed by atoms with Gasteiger partial charge in [-0.2, -0.15) is 10.2 Å². The summed E-state index contributed by atoms with van der Waals surface area (Å²) in [4.78, 5) is 14.2. The van der Waals surface area contributed by atoms with Gasteiger partial charge in [-0.3, -0.25) is 0 Å². The van der Waals surface area contributed by atoms with Crippen LogP contribution >= 0.6 is 0 Å². The predicted octanol–water partition coefficient (Wildman–Crippen LogP) is 5.71. The van der Waals surface area contributed by atoms with E-state index in [1.807, 2.05) is 50.2 Å². The molecule has 2 atom stereocenters. The van der Waals surface area contributed by atoms with Crippen molar-refractivity contribution in [3.63, 3.8) is 0 Å². The van der Waals surface area contributed by atoms with Gasteiger partial charge in [-0.25, -0.2) is 9.18 Å². The number of rotatable bonds is 5. The second-order valence-corrected chi connectivity index (χ2v) is 9.16. The molecule has 34 heavy (non-hydrogen) atoms. The molecule has 1 fully saturated rings. The summed E-state index contributed by atoms with van der Waals surface area (Å²) in [5.74, 6) is -0.178. The van der Waals surface area contributed by atoms with Crippen molar-refractivity contribution in [1.29, 1.82) is 0 Å². The molecule has 7 heteroatoms. The van der Waals surface area contributed by atoms with Crippen LogP contribution in [0.2, 0.25) is 0 Å². The van der Waals surface area contributed by atoms with Crippen LogP contribution < -0.4 is 0 Å². The Morgan fingerprint density at radius 3 is 2.26 bits per heavy atom. The molecule has 2 unspecified atom stereocenters. The minimum atomic E-state index is -0.840. The zero-order chi connectivity index (χ0) is 24.7. The predicted molar refractivity (Wildman–Crippen MR) is 130 cm³/mol. The molecule has 1 saturated heterocycles. The molecule has 180 valence electrons. The highest BCUT2D eigenvalue weighted by molar-refractivity contribution is 5.69. The topological polar surface area (TPSA) is 75.6 Å². The van der Waals surface area contributed by atoms with Crippen molar-refractivity contribution in [3.05, 3.63) is 83.8 Å². The first kappa shape index (κ1) is 25.3. The van der Waals surface area contributed by atoms with E-state index >= 15 is 0 Å². The Balaban J connectivity index is 0.000000396. The van der Waals surface area contributed by atoms with Crippen LogP contribution in [0.15, 0.2) is 66.7 Å². The second-order valence-electron chi connectivity index (χ2n) is 9.16. The van der Waals surface area contributed by atoms with Crippen molar-refractivity contribution in [3.8, 4) is 11.3 Å². The molecule has 3 aromatic rings. The third-order valence-electron chi connectivity index (χ3n) is 5.61. The molecule has 0 radical (unpaired) electrons. The minimum Gasteiger partial charge on any atom is -0.446 e. The number of benzene rings is 2. The number of hydrogen-bond acceptors (Lipinski definition) is 5. The number of ether oxygens (including phenoxy) is 1. The lowest BCUT2D eigenvalue weighted by Gasteiger charge is -2.37. The lowest BCUT2D eigenvalue weighted by molar-refractivity contribution is -0.0309. The summed E-state index contributed by atoms with van der Waals surface area (Å²) in [5.41, 5.74) is 2.90. The van der Waals surface area contributed by atoms with Crippen molar-refractivity contribution in [2.75, 3.05) is 6.54 Å². The van der Waals surface area contributed by atoms with E-state index in [1.165, 1.54) is 12.1 Å².